The van der Waals surface area contributed by atoms with E-state index in [2.05, 4.69) is 5.32 Å². The molecule has 1 amide bonds. The molecular formula is C13H10FNOS. The highest BCUT2D eigenvalue weighted by atomic mass is 32.1. The van der Waals surface area contributed by atoms with Crippen molar-refractivity contribution in [2.45, 2.75) is 0 Å². The van der Waals surface area contributed by atoms with Crippen molar-refractivity contribution in [1.29, 1.82) is 0 Å². The van der Waals surface area contributed by atoms with Crippen LogP contribution in [0.25, 0.3) is 6.08 Å². The highest BCUT2D eigenvalue weighted by Crippen LogP contribution is 2.12. The van der Waals surface area contributed by atoms with Crippen molar-refractivity contribution >= 4 is 29.0 Å². The summed E-state index contributed by atoms with van der Waals surface area (Å²) in [7, 11) is 0. The van der Waals surface area contributed by atoms with Crippen molar-refractivity contribution in [3.63, 3.8) is 0 Å². The third-order valence-electron chi connectivity index (χ3n) is 2.10. The average molecular weight is 247 g/mol. The molecule has 86 valence electrons. The Bertz CT molecular complexity index is 534. The van der Waals surface area contributed by atoms with Crippen LogP contribution in [-0.4, -0.2) is 5.91 Å². The van der Waals surface area contributed by atoms with Gasteiger partial charge in [0.05, 0.1) is 5.69 Å². The van der Waals surface area contributed by atoms with Crippen LogP contribution >= 0.6 is 11.3 Å². The number of carbonyl (C=O) groups is 1. The molecule has 1 aromatic heterocycles. The van der Waals surface area contributed by atoms with Crippen LogP contribution in [0.15, 0.2) is 47.2 Å². The molecular weight excluding hydrogens is 237 g/mol. The van der Waals surface area contributed by atoms with Crippen molar-refractivity contribution in [3.8, 4) is 0 Å². The molecule has 0 bridgehead atoms. The number of para-hydroxylation sites is 1. The van der Waals surface area contributed by atoms with Gasteiger partial charge in [0.2, 0.25) is 5.91 Å². The van der Waals surface area contributed by atoms with Crippen LogP contribution in [0.1, 0.15) is 5.56 Å². The summed E-state index contributed by atoms with van der Waals surface area (Å²) in [5.41, 5.74) is 1.14. The minimum atomic E-state index is -0.440. The van der Waals surface area contributed by atoms with E-state index in [1.165, 1.54) is 18.2 Å². The van der Waals surface area contributed by atoms with Crippen LogP contribution in [0.3, 0.4) is 0 Å². The molecule has 0 aliphatic heterocycles. The first-order chi connectivity index (χ1) is 8.25. The molecule has 1 aromatic carbocycles. The van der Waals surface area contributed by atoms with Crippen molar-refractivity contribution < 1.29 is 9.18 Å². The molecule has 4 heteroatoms. The van der Waals surface area contributed by atoms with Crippen LogP contribution in [0.4, 0.5) is 10.1 Å². The van der Waals surface area contributed by atoms with E-state index in [1.807, 2.05) is 16.8 Å². The Morgan fingerprint density at radius 1 is 1.29 bits per heavy atom. The molecule has 0 saturated carbocycles. The van der Waals surface area contributed by atoms with E-state index in [0.29, 0.717) is 0 Å². The lowest BCUT2D eigenvalue weighted by molar-refractivity contribution is -0.111. The number of thiophene rings is 1. The van der Waals surface area contributed by atoms with Crippen molar-refractivity contribution in [2.24, 2.45) is 0 Å². The van der Waals surface area contributed by atoms with E-state index in [0.717, 1.165) is 5.56 Å². The SMILES string of the molecule is O=C(/C=C/c1ccsc1)Nc1ccccc1F. The van der Waals surface area contributed by atoms with Gasteiger partial charge in [0.25, 0.3) is 0 Å². The first kappa shape index (κ1) is 11.5. The third kappa shape index (κ3) is 3.26. The lowest BCUT2D eigenvalue weighted by Crippen LogP contribution is -2.08. The molecule has 0 aliphatic rings. The molecule has 1 heterocycles. The van der Waals surface area contributed by atoms with Crippen molar-refractivity contribution in [3.05, 3.63) is 58.5 Å². The first-order valence-electron chi connectivity index (χ1n) is 5.01. The summed E-state index contributed by atoms with van der Waals surface area (Å²) in [6, 6.07) is 7.97. The average Bonchev–Trinajstić information content (AvgIpc) is 2.82. The van der Waals surface area contributed by atoms with Gasteiger partial charge in [-0.2, -0.15) is 11.3 Å². The normalized spacial score (nSPS) is 10.6. The third-order valence-corrected chi connectivity index (χ3v) is 2.80. The second-order valence-electron chi connectivity index (χ2n) is 3.36. The molecule has 0 atom stereocenters. The lowest BCUT2D eigenvalue weighted by Gasteiger charge is -2.02. The molecule has 2 rings (SSSR count). The quantitative estimate of drug-likeness (QED) is 0.826. The van der Waals surface area contributed by atoms with E-state index in [1.54, 1.807) is 29.5 Å². The van der Waals surface area contributed by atoms with Gasteiger partial charge >= 0.3 is 0 Å². The largest absolute Gasteiger partial charge is 0.320 e. The number of amides is 1. The fourth-order valence-corrected chi connectivity index (χ4v) is 1.91. The Kier molecular flexibility index (Phi) is 3.67. The Labute approximate surface area is 102 Å². The molecule has 0 saturated heterocycles. The molecule has 0 fully saturated rings. The van der Waals surface area contributed by atoms with E-state index >= 15 is 0 Å². The lowest BCUT2D eigenvalue weighted by atomic mass is 10.3. The van der Waals surface area contributed by atoms with Crippen LogP contribution < -0.4 is 5.32 Å². The van der Waals surface area contributed by atoms with E-state index in [-0.39, 0.29) is 11.6 Å². The predicted octanol–water partition coefficient (Wildman–Crippen LogP) is 3.54. The number of hydrogen-bond acceptors (Lipinski definition) is 2. The second-order valence-corrected chi connectivity index (χ2v) is 4.14. The predicted molar refractivity (Wildman–Crippen MR) is 68.4 cm³/mol. The van der Waals surface area contributed by atoms with Crippen LogP contribution in [0, 0.1) is 5.82 Å². The van der Waals surface area contributed by atoms with Crippen molar-refractivity contribution in [2.75, 3.05) is 5.32 Å². The molecule has 0 unspecified atom stereocenters. The van der Waals surface area contributed by atoms with Crippen molar-refractivity contribution in [1.82, 2.24) is 0 Å². The van der Waals surface area contributed by atoms with Crippen LogP contribution in [-0.2, 0) is 4.79 Å². The molecule has 0 spiro atoms. The monoisotopic (exact) mass is 247 g/mol. The summed E-state index contributed by atoms with van der Waals surface area (Å²) < 4.78 is 13.2. The number of rotatable bonds is 3. The van der Waals surface area contributed by atoms with Gasteiger partial charge in [-0.25, -0.2) is 4.39 Å². The number of halogens is 1. The van der Waals surface area contributed by atoms with Gasteiger partial charge in [-0.3, -0.25) is 4.79 Å². The standard InChI is InChI=1S/C13H10FNOS/c14-11-3-1-2-4-12(11)15-13(16)6-5-10-7-8-17-9-10/h1-9H,(H,15,16)/b6-5+. The van der Waals surface area contributed by atoms with Crippen LogP contribution in [0.2, 0.25) is 0 Å². The van der Waals surface area contributed by atoms with Gasteiger partial charge in [-0.05, 0) is 40.6 Å². The van der Waals surface area contributed by atoms with Gasteiger partial charge in [-0.15, -0.1) is 0 Å². The number of nitrogens with one attached hydrogen (secondary N) is 1. The van der Waals surface area contributed by atoms with Gasteiger partial charge in [-0.1, -0.05) is 12.1 Å². The molecule has 2 nitrogen and oxygen atoms in total. The number of benzene rings is 1. The summed E-state index contributed by atoms with van der Waals surface area (Å²) in [4.78, 5) is 11.5. The Morgan fingerprint density at radius 3 is 2.82 bits per heavy atom. The number of carbonyl (C=O) groups excluding carboxylic acids is 1. The Hall–Kier alpha value is -1.94. The summed E-state index contributed by atoms with van der Waals surface area (Å²) >= 11 is 1.55. The second kappa shape index (κ2) is 5.41. The zero-order valence-electron chi connectivity index (χ0n) is 8.89. The van der Waals surface area contributed by atoms with E-state index in [4.69, 9.17) is 0 Å². The zero-order chi connectivity index (χ0) is 12.1. The van der Waals surface area contributed by atoms with Gasteiger partial charge < -0.3 is 5.32 Å². The summed E-state index contributed by atoms with van der Waals surface area (Å²) in [5, 5.41) is 6.32. The Morgan fingerprint density at radius 2 is 2.12 bits per heavy atom. The van der Waals surface area contributed by atoms with Crippen LogP contribution in [0.5, 0.6) is 0 Å². The molecule has 0 aliphatic carbocycles. The fraction of sp³-hybridized carbons (Fsp3) is 0. The van der Waals surface area contributed by atoms with Gasteiger partial charge in [0.1, 0.15) is 5.82 Å². The summed E-state index contributed by atoms with van der Waals surface area (Å²) in [6.45, 7) is 0. The zero-order valence-corrected chi connectivity index (χ0v) is 9.71. The maximum absolute atomic E-state index is 13.2. The van der Waals surface area contributed by atoms with Gasteiger partial charge in [0.15, 0.2) is 0 Å². The maximum Gasteiger partial charge on any atom is 0.248 e. The highest BCUT2D eigenvalue weighted by Gasteiger charge is 2.02. The molecule has 1 N–H and O–H groups in total. The maximum atomic E-state index is 13.2. The molecule has 2 aromatic rings. The summed E-state index contributed by atoms with van der Waals surface area (Å²) in [5.74, 6) is -0.786. The van der Waals surface area contributed by atoms with Gasteiger partial charge in [0, 0.05) is 6.08 Å². The smallest absolute Gasteiger partial charge is 0.248 e. The highest BCUT2D eigenvalue weighted by molar-refractivity contribution is 7.08. The molecule has 17 heavy (non-hydrogen) atoms. The fourth-order valence-electron chi connectivity index (χ4n) is 1.28. The number of hydrogen-bond donors (Lipinski definition) is 1. The summed E-state index contributed by atoms with van der Waals surface area (Å²) in [6.07, 6.45) is 3.07. The minimum Gasteiger partial charge on any atom is -0.320 e. The Balaban J connectivity index is 2.01. The number of anilines is 1. The first-order valence-corrected chi connectivity index (χ1v) is 5.96. The van der Waals surface area contributed by atoms with E-state index < -0.39 is 5.82 Å². The topological polar surface area (TPSA) is 29.1 Å². The molecule has 0 radical (unpaired) electrons. The van der Waals surface area contributed by atoms with E-state index in [9.17, 15) is 9.18 Å². The minimum absolute atomic E-state index is 0.187.